The third-order valence-corrected chi connectivity index (χ3v) is 7.85. The zero-order chi connectivity index (χ0) is 33.5. The summed E-state index contributed by atoms with van der Waals surface area (Å²) in [5.74, 6) is -0.978. The summed E-state index contributed by atoms with van der Waals surface area (Å²) in [7, 11) is 0. The van der Waals surface area contributed by atoms with Crippen LogP contribution in [0.1, 0.15) is 47.8 Å². The predicted molar refractivity (Wildman–Crippen MR) is 174 cm³/mol. The first-order valence-electron chi connectivity index (χ1n) is 15.2. The van der Waals surface area contributed by atoms with Gasteiger partial charge in [0, 0.05) is 0 Å². The SMILES string of the molecule is C=Cc1ccc(COOc2ccc(C(=O)O[C@@H]3CO[C@H]4[C@@H]3OC[C@@H]4OC(=O)c3ccc(OC(=O)c4ccc(C=C)cc4)cc3)cc2)cc1. The summed E-state index contributed by atoms with van der Waals surface area (Å²) in [5, 5.41) is 0. The molecule has 0 saturated carbocycles. The van der Waals surface area contributed by atoms with Crippen molar-refractivity contribution >= 4 is 30.1 Å². The number of hydrogen-bond acceptors (Lipinski definition) is 10. The zero-order valence-corrected chi connectivity index (χ0v) is 25.8. The Bertz CT molecular complexity index is 1760. The third-order valence-electron chi connectivity index (χ3n) is 7.85. The van der Waals surface area contributed by atoms with Crippen LogP contribution in [-0.2, 0) is 30.4 Å². The van der Waals surface area contributed by atoms with Crippen LogP contribution in [0.15, 0.2) is 110 Å². The summed E-state index contributed by atoms with van der Waals surface area (Å²) in [4.78, 5) is 48.8. The first-order chi connectivity index (χ1) is 23.4. The van der Waals surface area contributed by atoms with Gasteiger partial charge in [0.15, 0.2) is 18.0 Å². The van der Waals surface area contributed by atoms with E-state index in [2.05, 4.69) is 13.2 Å². The second kappa shape index (κ2) is 14.9. The summed E-state index contributed by atoms with van der Waals surface area (Å²) < 4.78 is 28.4. The van der Waals surface area contributed by atoms with Gasteiger partial charge in [-0.25, -0.2) is 14.4 Å². The first-order valence-corrected chi connectivity index (χ1v) is 15.2. The summed E-state index contributed by atoms with van der Waals surface area (Å²) in [6.45, 7) is 7.85. The molecule has 4 aromatic carbocycles. The van der Waals surface area contributed by atoms with Crippen molar-refractivity contribution in [3.63, 3.8) is 0 Å². The van der Waals surface area contributed by atoms with Gasteiger partial charge in [-0.1, -0.05) is 61.7 Å². The van der Waals surface area contributed by atoms with E-state index in [0.29, 0.717) is 16.9 Å². The van der Waals surface area contributed by atoms with Crippen molar-refractivity contribution in [3.05, 3.63) is 144 Å². The molecule has 2 aliphatic rings. The van der Waals surface area contributed by atoms with Crippen molar-refractivity contribution in [2.24, 2.45) is 0 Å². The Labute approximate surface area is 277 Å². The molecule has 0 radical (unpaired) electrons. The molecule has 0 bridgehead atoms. The Morgan fingerprint density at radius 2 is 1.04 bits per heavy atom. The molecule has 10 nitrogen and oxygen atoms in total. The van der Waals surface area contributed by atoms with Gasteiger partial charge >= 0.3 is 17.9 Å². The molecule has 6 rings (SSSR count). The highest BCUT2D eigenvalue weighted by Crippen LogP contribution is 2.32. The van der Waals surface area contributed by atoms with Gasteiger partial charge < -0.3 is 28.6 Å². The van der Waals surface area contributed by atoms with Crippen molar-refractivity contribution < 1.29 is 47.8 Å². The molecule has 4 atom stereocenters. The number of carbonyl (C=O) groups excluding carboxylic acids is 3. The zero-order valence-electron chi connectivity index (χ0n) is 25.8. The van der Waals surface area contributed by atoms with E-state index in [-0.39, 0.29) is 31.1 Å². The fraction of sp³-hybridized carbons (Fsp3) is 0.184. The highest BCUT2D eigenvalue weighted by molar-refractivity contribution is 5.92. The van der Waals surface area contributed by atoms with E-state index in [1.54, 1.807) is 60.7 Å². The number of hydrogen-bond donors (Lipinski definition) is 0. The van der Waals surface area contributed by atoms with Gasteiger partial charge in [-0.15, -0.1) is 0 Å². The minimum Gasteiger partial charge on any atom is -0.453 e. The van der Waals surface area contributed by atoms with Gasteiger partial charge in [0.1, 0.15) is 24.6 Å². The fourth-order valence-corrected chi connectivity index (χ4v) is 5.18. The lowest BCUT2D eigenvalue weighted by molar-refractivity contribution is -0.217. The molecule has 0 N–H and O–H groups in total. The molecule has 0 spiro atoms. The molecule has 244 valence electrons. The number of rotatable bonds is 12. The van der Waals surface area contributed by atoms with E-state index >= 15 is 0 Å². The van der Waals surface area contributed by atoms with Gasteiger partial charge in [0.2, 0.25) is 0 Å². The molecule has 2 saturated heterocycles. The van der Waals surface area contributed by atoms with Crippen LogP contribution < -0.4 is 9.62 Å². The molecule has 10 heteroatoms. The smallest absolute Gasteiger partial charge is 0.343 e. The van der Waals surface area contributed by atoms with E-state index in [4.69, 9.17) is 33.5 Å². The lowest BCUT2D eigenvalue weighted by Gasteiger charge is -2.17. The van der Waals surface area contributed by atoms with Crippen molar-refractivity contribution in [2.45, 2.75) is 31.0 Å². The van der Waals surface area contributed by atoms with Gasteiger partial charge in [-0.3, -0.25) is 0 Å². The highest BCUT2D eigenvalue weighted by Gasteiger charge is 2.51. The van der Waals surface area contributed by atoms with Crippen LogP contribution in [0.3, 0.4) is 0 Å². The van der Waals surface area contributed by atoms with Gasteiger partial charge in [0.05, 0.1) is 29.9 Å². The highest BCUT2D eigenvalue weighted by atomic mass is 17.2. The molecule has 2 heterocycles. The Morgan fingerprint density at radius 3 is 1.54 bits per heavy atom. The van der Waals surface area contributed by atoms with Crippen LogP contribution in [0.2, 0.25) is 0 Å². The maximum Gasteiger partial charge on any atom is 0.343 e. The van der Waals surface area contributed by atoms with E-state index in [1.807, 2.05) is 24.3 Å². The lowest BCUT2D eigenvalue weighted by Crippen LogP contribution is -2.36. The maximum atomic E-state index is 12.9. The van der Waals surface area contributed by atoms with Crippen molar-refractivity contribution in [2.75, 3.05) is 13.2 Å². The van der Waals surface area contributed by atoms with Crippen molar-refractivity contribution in [1.82, 2.24) is 0 Å². The predicted octanol–water partition coefficient (Wildman–Crippen LogP) is 6.25. The minimum absolute atomic E-state index is 0.0832. The van der Waals surface area contributed by atoms with Crippen LogP contribution in [0, 0.1) is 0 Å². The quantitative estimate of drug-likeness (QED) is 0.0756. The first kappa shape index (κ1) is 32.4. The minimum atomic E-state index is -0.696. The topological polar surface area (TPSA) is 116 Å². The molecule has 0 aromatic heterocycles. The Balaban J connectivity index is 0.953. The number of ether oxygens (including phenoxy) is 5. The average molecular weight is 649 g/mol. The van der Waals surface area contributed by atoms with Gasteiger partial charge in [-0.05, 0) is 77.4 Å². The molecule has 0 aliphatic carbocycles. The van der Waals surface area contributed by atoms with Gasteiger partial charge in [-0.2, -0.15) is 4.89 Å². The third kappa shape index (κ3) is 7.69. The number of fused-ring (bicyclic) bond motifs is 1. The van der Waals surface area contributed by atoms with Crippen LogP contribution in [0.25, 0.3) is 12.2 Å². The maximum absolute atomic E-state index is 12.9. The summed E-state index contributed by atoms with van der Waals surface area (Å²) >= 11 is 0. The second-order valence-electron chi connectivity index (χ2n) is 11.0. The van der Waals surface area contributed by atoms with Gasteiger partial charge in [0.25, 0.3) is 0 Å². The summed E-state index contributed by atoms with van der Waals surface area (Å²) in [6.07, 6.45) is 0.877. The fourth-order valence-electron chi connectivity index (χ4n) is 5.18. The van der Waals surface area contributed by atoms with E-state index in [9.17, 15) is 14.4 Å². The lowest BCUT2D eigenvalue weighted by atomic mass is 10.1. The van der Waals surface area contributed by atoms with Crippen LogP contribution in [-0.4, -0.2) is 55.5 Å². The summed E-state index contributed by atoms with van der Waals surface area (Å²) in [6, 6.07) is 26.9. The van der Waals surface area contributed by atoms with Crippen LogP contribution in [0.5, 0.6) is 11.5 Å². The Hall–Kier alpha value is -5.55. The molecule has 0 amide bonds. The van der Waals surface area contributed by atoms with Crippen LogP contribution >= 0.6 is 0 Å². The molecule has 4 aromatic rings. The molecule has 2 aliphatic heterocycles. The van der Waals surface area contributed by atoms with E-state index in [0.717, 1.165) is 16.7 Å². The second-order valence-corrected chi connectivity index (χ2v) is 11.0. The number of benzene rings is 4. The van der Waals surface area contributed by atoms with Crippen LogP contribution in [0.4, 0.5) is 0 Å². The number of carbonyl (C=O) groups is 3. The standard InChI is InChI=1S/C38H32O10/c1-3-24-5-7-26(8-6-24)21-44-48-31-19-15-29(16-20-31)38(41)47-33-23-43-34-32(22-42-35(33)34)46-37(40)28-13-17-30(18-14-28)45-36(39)27-11-9-25(4-2)10-12-27/h3-20,32-35H,1-2,21-23H2/t32-,33+,34+,35+/m0/s1. The normalized spacial score (nSPS) is 19.5. The van der Waals surface area contributed by atoms with E-state index < -0.39 is 42.3 Å². The average Bonchev–Trinajstić information content (AvgIpc) is 3.72. The molecular formula is C38H32O10. The molecule has 48 heavy (non-hydrogen) atoms. The van der Waals surface area contributed by atoms with E-state index in [1.165, 1.54) is 24.3 Å². The Kier molecular flexibility index (Phi) is 10.1. The monoisotopic (exact) mass is 648 g/mol. The molecular weight excluding hydrogens is 616 g/mol. The largest absolute Gasteiger partial charge is 0.453 e. The molecule has 0 unspecified atom stereocenters. The molecule has 2 fully saturated rings. The van der Waals surface area contributed by atoms with Crippen molar-refractivity contribution in [3.8, 4) is 11.5 Å². The summed E-state index contributed by atoms with van der Waals surface area (Å²) in [5.41, 5.74) is 3.79. The number of esters is 3. The van der Waals surface area contributed by atoms with Crippen molar-refractivity contribution in [1.29, 1.82) is 0 Å². The Morgan fingerprint density at radius 1 is 0.604 bits per heavy atom.